The number of Topliss-reactive ketones (excluding diaryl/α,β-unsaturated/α-hetero) is 1. The van der Waals surface area contributed by atoms with Gasteiger partial charge < -0.3 is 27.0 Å². The van der Waals surface area contributed by atoms with Crippen molar-refractivity contribution in [2.45, 2.75) is 56.8 Å². The third kappa shape index (κ3) is 11.5. The first-order valence-corrected chi connectivity index (χ1v) is 16.1. The van der Waals surface area contributed by atoms with Crippen molar-refractivity contribution in [2.75, 3.05) is 0 Å². The molecule has 0 bridgehead atoms. The molecule has 3 aromatic carbocycles. The molecule has 50 heavy (non-hydrogen) atoms. The van der Waals surface area contributed by atoms with E-state index >= 15 is 0 Å². The minimum absolute atomic E-state index is 0.00283. The smallest absolute Gasteiger partial charge is 0.290 e. The molecule has 0 spiro atoms. The molecule has 6 N–H and O–H groups in total. The zero-order chi connectivity index (χ0) is 35.9. The lowest BCUT2D eigenvalue weighted by Gasteiger charge is -2.23. The summed E-state index contributed by atoms with van der Waals surface area (Å²) in [6.45, 7) is 1.33. The van der Waals surface area contributed by atoms with Gasteiger partial charge in [0.2, 0.25) is 29.4 Å². The monoisotopic (exact) mass is 676 g/mol. The molecule has 4 rings (SSSR count). The van der Waals surface area contributed by atoms with Crippen LogP contribution in [0.4, 0.5) is 0 Å². The Labute approximate surface area is 290 Å². The molecule has 0 saturated carbocycles. The number of ketones is 1. The van der Waals surface area contributed by atoms with E-state index in [1.807, 2.05) is 12.1 Å². The van der Waals surface area contributed by atoms with Crippen molar-refractivity contribution in [3.63, 3.8) is 0 Å². The number of nitrogens with two attached hydrogens (primary N) is 1. The maximum atomic E-state index is 13.5. The van der Waals surface area contributed by atoms with Crippen LogP contribution in [0, 0.1) is 0 Å². The Morgan fingerprint density at radius 2 is 1.08 bits per heavy atom. The molecule has 258 valence electrons. The van der Waals surface area contributed by atoms with E-state index in [0.717, 1.165) is 11.1 Å². The zero-order valence-electron chi connectivity index (χ0n) is 27.6. The summed E-state index contributed by atoms with van der Waals surface area (Å²) >= 11 is 0. The highest BCUT2D eigenvalue weighted by Crippen LogP contribution is 2.08. The van der Waals surface area contributed by atoms with Gasteiger partial charge >= 0.3 is 0 Å². The number of benzene rings is 3. The number of rotatable bonds is 17. The van der Waals surface area contributed by atoms with Gasteiger partial charge in [0.1, 0.15) is 18.1 Å². The number of carbonyl (C=O) groups is 6. The second-order valence-corrected chi connectivity index (χ2v) is 11.8. The summed E-state index contributed by atoms with van der Waals surface area (Å²) in [5, 5.41) is 10.3. The fourth-order valence-corrected chi connectivity index (χ4v) is 5.17. The Bertz CT molecular complexity index is 1760. The predicted molar refractivity (Wildman–Crippen MR) is 186 cm³/mol. The number of hydrogen-bond acceptors (Lipinski definition) is 7. The van der Waals surface area contributed by atoms with Gasteiger partial charge in [-0.15, -0.1) is 0 Å². The third-order valence-corrected chi connectivity index (χ3v) is 7.82. The first-order valence-electron chi connectivity index (χ1n) is 16.1. The molecular weight excluding hydrogens is 636 g/mol. The molecule has 12 nitrogen and oxygen atoms in total. The lowest BCUT2D eigenvalue weighted by molar-refractivity contribution is -0.141. The highest BCUT2D eigenvalue weighted by atomic mass is 16.2. The van der Waals surface area contributed by atoms with E-state index in [1.54, 1.807) is 103 Å². The van der Waals surface area contributed by atoms with Crippen molar-refractivity contribution in [3.05, 3.63) is 138 Å². The molecule has 1 aromatic heterocycles. The van der Waals surface area contributed by atoms with E-state index in [-0.39, 0.29) is 25.7 Å². The van der Waals surface area contributed by atoms with Crippen LogP contribution in [0.1, 0.15) is 29.3 Å². The van der Waals surface area contributed by atoms with Gasteiger partial charge in [-0.05, 0) is 35.7 Å². The Morgan fingerprint density at radius 3 is 1.62 bits per heavy atom. The Hall–Kier alpha value is -6.17. The van der Waals surface area contributed by atoms with Crippen molar-refractivity contribution >= 4 is 35.3 Å². The van der Waals surface area contributed by atoms with Crippen LogP contribution in [0.3, 0.4) is 0 Å². The van der Waals surface area contributed by atoms with Gasteiger partial charge in [0.15, 0.2) is 0 Å². The molecule has 0 aliphatic rings. The highest BCUT2D eigenvalue weighted by Gasteiger charge is 2.32. The van der Waals surface area contributed by atoms with Crippen LogP contribution in [-0.2, 0) is 54.5 Å². The third-order valence-electron chi connectivity index (χ3n) is 7.82. The van der Waals surface area contributed by atoms with E-state index in [0.29, 0.717) is 11.3 Å². The van der Waals surface area contributed by atoms with Crippen LogP contribution in [0.2, 0.25) is 0 Å². The Balaban J connectivity index is 1.44. The number of primary amides is 1. The molecule has 4 atom stereocenters. The molecule has 0 saturated heterocycles. The molecule has 0 aliphatic carbocycles. The summed E-state index contributed by atoms with van der Waals surface area (Å²) < 4.78 is 0. The van der Waals surface area contributed by atoms with Crippen molar-refractivity contribution < 1.29 is 28.8 Å². The summed E-state index contributed by atoms with van der Waals surface area (Å²) in [6, 6.07) is 27.2. The van der Waals surface area contributed by atoms with E-state index in [9.17, 15) is 28.8 Å². The van der Waals surface area contributed by atoms with Crippen molar-refractivity contribution in [1.29, 1.82) is 0 Å². The minimum atomic E-state index is -1.32. The van der Waals surface area contributed by atoms with Crippen LogP contribution in [-0.4, -0.2) is 64.5 Å². The largest absolute Gasteiger partial charge is 0.368 e. The fourth-order valence-electron chi connectivity index (χ4n) is 5.17. The minimum Gasteiger partial charge on any atom is -0.368 e. The van der Waals surface area contributed by atoms with Crippen LogP contribution in [0.15, 0.2) is 115 Å². The molecule has 5 amide bonds. The summed E-state index contributed by atoms with van der Waals surface area (Å²) in [5.74, 6) is -4.75. The first-order chi connectivity index (χ1) is 24.1. The average Bonchev–Trinajstić information content (AvgIpc) is 3.12. The standard InChI is InChI=1S/C38H40N6O6/c1-25(41-36(48)32(24-29-19-11-12-20-40-29)42-33(45)23-28-17-9-4-10-18-28)34(46)38(50)44-31(22-27-15-7-3-8-16-27)37(49)43-30(35(39)47)21-26-13-5-2-6-14-26/h2-20,25,30-32H,21-24H2,1H3,(H2,39,47)(H,41,48)(H,42,45)(H,43,49)(H,44,50). The zero-order valence-corrected chi connectivity index (χ0v) is 27.6. The van der Waals surface area contributed by atoms with E-state index in [2.05, 4.69) is 26.3 Å². The van der Waals surface area contributed by atoms with Gasteiger partial charge in [0.05, 0.1) is 12.5 Å². The number of nitrogens with zero attached hydrogens (tertiary/aromatic N) is 1. The number of amides is 5. The normalized spacial score (nSPS) is 13.1. The molecular formula is C38H40N6O6. The number of aromatic nitrogens is 1. The molecule has 0 fully saturated rings. The number of nitrogens with one attached hydrogen (secondary N) is 4. The summed E-state index contributed by atoms with van der Waals surface area (Å²) in [7, 11) is 0. The summed E-state index contributed by atoms with van der Waals surface area (Å²) in [6.07, 6.45) is 1.74. The Morgan fingerprint density at radius 1 is 0.580 bits per heavy atom. The highest BCUT2D eigenvalue weighted by molar-refractivity contribution is 6.38. The van der Waals surface area contributed by atoms with Crippen molar-refractivity contribution in [3.8, 4) is 0 Å². The molecule has 0 radical (unpaired) electrons. The van der Waals surface area contributed by atoms with E-state index in [4.69, 9.17) is 5.73 Å². The number of hydrogen-bond donors (Lipinski definition) is 5. The second kappa shape index (κ2) is 18.4. The van der Waals surface area contributed by atoms with Gasteiger partial charge in [-0.25, -0.2) is 0 Å². The quantitative estimate of drug-likeness (QED) is 0.104. The van der Waals surface area contributed by atoms with Crippen LogP contribution in [0.5, 0.6) is 0 Å². The Kier molecular flexibility index (Phi) is 13.5. The van der Waals surface area contributed by atoms with Crippen LogP contribution < -0.4 is 27.0 Å². The SMILES string of the molecule is CC(NC(=O)C(Cc1ccccn1)NC(=O)Cc1ccccc1)C(=O)C(=O)NC(Cc1ccccc1)C(=O)NC(Cc1ccccc1)C(N)=O. The average molecular weight is 677 g/mol. The maximum Gasteiger partial charge on any atom is 0.290 e. The molecule has 12 heteroatoms. The van der Waals surface area contributed by atoms with Crippen molar-refractivity contribution in [2.24, 2.45) is 5.73 Å². The fraction of sp³-hybridized carbons (Fsp3) is 0.237. The van der Waals surface area contributed by atoms with Gasteiger partial charge in [0, 0.05) is 31.2 Å². The molecule has 4 aromatic rings. The van der Waals surface area contributed by atoms with E-state index < -0.39 is 59.5 Å². The first kappa shape index (κ1) is 36.7. The topological polar surface area (TPSA) is 189 Å². The van der Waals surface area contributed by atoms with Crippen LogP contribution in [0.25, 0.3) is 0 Å². The maximum absolute atomic E-state index is 13.5. The lowest BCUT2D eigenvalue weighted by Crippen LogP contribution is -2.57. The number of carbonyl (C=O) groups excluding carboxylic acids is 6. The molecule has 0 aliphatic heterocycles. The van der Waals surface area contributed by atoms with Gasteiger partial charge in [-0.1, -0.05) is 97.1 Å². The second-order valence-electron chi connectivity index (χ2n) is 11.8. The summed E-state index contributed by atoms with van der Waals surface area (Å²) in [5.41, 5.74) is 8.32. The van der Waals surface area contributed by atoms with Gasteiger partial charge in [-0.2, -0.15) is 0 Å². The lowest BCUT2D eigenvalue weighted by atomic mass is 10.0. The number of pyridine rings is 1. The van der Waals surface area contributed by atoms with Crippen LogP contribution >= 0.6 is 0 Å². The summed E-state index contributed by atoms with van der Waals surface area (Å²) in [4.78, 5) is 82.9. The predicted octanol–water partition coefficient (Wildman–Crippen LogP) is 1.37. The van der Waals surface area contributed by atoms with Crippen molar-refractivity contribution in [1.82, 2.24) is 26.3 Å². The van der Waals surface area contributed by atoms with Gasteiger partial charge in [0.25, 0.3) is 5.91 Å². The molecule has 4 unspecified atom stereocenters. The van der Waals surface area contributed by atoms with E-state index in [1.165, 1.54) is 6.92 Å². The van der Waals surface area contributed by atoms with Gasteiger partial charge in [-0.3, -0.25) is 33.8 Å². The molecule has 1 heterocycles.